The van der Waals surface area contributed by atoms with E-state index in [1.807, 2.05) is 0 Å². The molecule has 2 fully saturated rings. The molecule has 2 aliphatic heterocycles. The van der Waals surface area contributed by atoms with Crippen molar-refractivity contribution in [3.8, 4) is 0 Å². The lowest BCUT2D eigenvalue weighted by Crippen LogP contribution is -2.48. The highest BCUT2D eigenvalue weighted by Crippen LogP contribution is 2.26. The molecule has 0 bridgehead atoms. The van der Waals surface area contributed by atoms with Gasteiger partial charge in [0.2, 0.25) is 0 Å². The molecular formula is C16H21ClFNO3. The molecule has 3 unspecified atom stereocenters. The first kappa shape index (κ1) is 16.1. The maximum atomic E-state index is 13.1. The standard InChI is InChI=1S/C16H21ClFNO3/c17-13-8-11(18)3-4-12(13)14(20)9-19-5-7-22-16(10-19)15-2-1-6-21-15/h3-4,8,14-16,20H,1-2,5-7,9-10H2. The molecular weight excluding hydrogens is 309 g/mol. The number of halogens is 2. The van der Waals surface area contributed by atoms with Gasteiger partial charge in [-0.15, -0.1) is 0 Å². The fourth-order valence-electron chi connectivity index (χ4n) is 3.13. The predicted octanol–water partition coefficient (Wildman–Crippen LogP) is 2.39. The number of morpholine rings is 1. The molecule has 2 saturated heterocycles. The third kappa shape index (κ3) is 3.78. The van der Waals surface area contributed by atoms with Gasteiger partial charge in [0.05, 0.1) is 24.9 Å². The maximum Gasteiger partial charge on any atom is 0.124 e. The smallest absolute Gasteiger partial charge is 0.124 e. The lowest BCUT2D eigenvalue weighted by atomic mass is 10.1. The van der Waals surface area contributed by atoms with Crippen molar-refractivity contribution >= 4 is 11.6 Å². The highest BCUT2D eigenvalue weighted by Gasteiger charge is 2.32. The molecule has 22 heavy (non-hydrogen) atoms. The van der Waals surface area contributed by atoms with Crippen LogP contribution in [0.2, 0.25) is 5.02 Å². The second-order valence-electron chi connectivity index (χ2n) is 5.90. The molecule has 1 N–H and O–H groups in total. The summed E-state index contributed by atoms with van der Waals surface area (Å²) in [5.74, 6) is -0.397. The van der Waals surface area contributed by atoms with E-state index in [1.165, 1.54) is 12.1 Å². The summed E-state index contributed by atoms with van der Waals surface area (Å²) >= 11 is 6.01. The van der Waals surface area contributed by atoms with E-state index in [1.54, 1.807) is 6.07 Å². The monoisotopic (exact) mass is 329 g/mol. The summed E-state index contributed by atoms with van der Waals surface area (Å²) in [7, 11) is 0. The van der Waals surface area contributed by atoms with Crippen LogP contribution >= 0.6 is 11.6 Å². The number of β-amino-alcohol motifs (C(OH)–C–C–N with tert-alkyl or cyclic N) is 1. The Morgan fingerprint density at radius 2 is 2.14 bits per heavy atom. The van der Waals surface area contributed by atoms with Gasteiger partial charge in [0, 0.05) is 36.8 Å². The van der Waals surface area contributed by atoms with Gasteiger partial charge in [-0.3, -0.25) is 4.90 Å². The molecule has 0 amide bonds. The molecule has 0 saturated carbocycles. The van der Waals surface area contributed by atoms with Gasteiger partial charge in [-0.05, 0) is 25.0 Å². The lowest BCUT2D eigenvalue weighted by molar-refractivity contribution is -0.0996. The van der Waals surface area contributed by atoms with E-state index in [-0.39, 0.29) is 17.2 Å². The van der Waals surface area contributed by atoms with Crippen molar-refractivity contribution in [2.75, 3.05) is 32.8 Å². The van der Waals surface area contributed by atoms with Gasteiger partial charge in [-0.1, -0.05) is 17.7 Å². The summed E-state index contributed by atoms with van der Waals surface area (Å²) in [6, 6.07) is 4.09. The number of aliphatic hydroxyl groups excluding tert-OH is 1. The Morgan fingerprint density at radius 1 is 1.32 bits per heavy atom. The molecule has 0 aliphatic carbocycles. The highest BCUT2D eigenvalue weighted by atomic mass is 35.5. The Hall–Kier alpha value is -0.720. The maximum absolute atomic E-state index is 13.1. The van der Waals surface area contributed by atoms with Crippen LogP contribution in [0.3, 0.4) is 0 Å². The second kappa shape index (κ2) is 7.23. The van der Waals surface area contributed by atoms with E-state index in [9.17, 15) is 9.50 Å². The van der Waals surface area contributed by atoms with E-state index in [0.717, 1.165) is 32.5 Å². The van der Waals surface area contributed by atoms with Crippen molar-refractivity contribution in [3.05, 3.63) is 34.6 Å². The predicted molar refractivity (Wildman–Crippen MR) is 81.5 cm³/mol. The molecule has 6 heteroatoms. The highest BCUT2D eigenvalue weighted by molar-refractivity contribution is 6.31. The van der Waals surface area contributed by atoms with Crippen molar-refractivity contribution in [2.24, 2.45) is 0 Å². The van der Waals surface area contributed by atoms with Gasteiger partial charge in [0.15, 0.2) is 0 Å². The molecule has 2 heterocycles. The number of benzene rings is 1. The van der Waals surface area contributed by atoms with Crippen molar-refractivity contribution in [2.45, 2.75) is 31.2 Å². The fourth-order valence-corrected chi connectivity index (χ4v) is 3.43. The Bertz CT molecular complexity index is 510. The summed E-state index contributed by atoms with van der Waals surface area (Å²) in [6.07, 6.45) is 1.60. The molecule has 0 radical (unpaired) electrons. The average molecular weight is 330 g/mol. The molecule has 0 aromatic heterocycles. The van der Waals surface area contributed by atoms with Crippen LogP contribution in [0.4, 0.5) is 4.39 Å². The van der Waals surface area contributed by atoms with E-state index in [0.29, 0.717) is 18.7 Å². The van der Waals surface area contributed by atoms with E-state index in [4.69, 9.17) is 21.1 Å². The number of ether oxygens (including phenoxy) is 2. The molecule has 3 atom stereocenters. The minimum absolute atomic E-state index is 0.0622. The topological polar surface area (TPSA) is 41.9 Å². The van der Waals surface area contributed by atoms with E-state index >= 15 is 0 Å². The van der Waals surface area contributed by atoms with Gasteiger partial charge in [0.25, 0.3) is 0 Å². The Balaban J connectivity index is 1.59. The van der Waals surface area contributed by atoms with Crippen molar-refractivity contribution < 1.29 is 19.0 Å². The number of rotatable bonds is 4. The molecule has 1 aromatic carbocycles. The lowest BCUT2D eigenvalue weighted by Gasteiger charge is -2.36. The summed E-state index contributed by atoms with van der Waals surface area (Å²) in [5.41, 5.74) is 0.559. The van der Waals surface area contributed by atoms with Crippen molar-refractivity contribution in [1.82, 2.24) is 4.90 Å². The third-order valence-corrected chi connectivity index (χ3v) is 4.64. The minimum atomic E-state index is -0.739. The zero-order chi connectivity index (χ0) is 15.5. The van der Waals surface area contributed by atoms with Gasteiger partial charge in [0.1, 0.15) is 5.82 Å². The van der Waals surface area contributed by atoms with E-state index < -0.39 is 11.9 Å². The number of aliphatic hydroxyl groups is 1. The van der Waals surface area contributed by atoms with Crippen molar-refractivity contribution in [1.29, 1.82) is 0 Å². The minimum Gasteiger partial charge on any atom is -0.387 e. The van der Waals surface area contributed by atoms with Gasteiger partial charge in [-0.2, -0.15) is 0 Å². The Morgan fingerprint density at radius 3 is 2.86 bits per heavy atom. The van der Waals surface area contributed by atoms with Crippen LogP contribution in [0.5, 0.6) is 0 Å². The number of hydrogen-bond donors (Lipinski definition) is 1. The molecule has 2 aliphatic rings. The fraction of sp³-hybridized carbons (Fsp3) is 0.625. The van der Waals surface area contributed by atoms with Gasteiger partial charge < -0.3 is 14.6 Å². The average Bonchev–Trinajstić information content (AvgIpc) is 3.01. The van der Waals surface area contributed by atoms with E-state index in [2.05, 4.69) is 4.90 Å². The molecule has 0 spiro atoms. The first-order chi connectivity index (χ1) is 10.6. The summed E-state index contributed by atoms with van der Waals surface area (Å²) in [6.45, 7) is 3.39. The Labute approximate surface area is 134 Å². The first-order valence-electron chi connectivity index (χ1n) is 7.72. The van der Waals surface area contributed by atoms with Gasteiger partial charge in [-0.25, -0.2) is 4.39 Å². The van der Waals surface area contributed by atoms with Crippen LogP contribution in [0.1, 0.15) is 24.5 Å². The first-order valence-corrected chi connectivity index (χ1v) is 8.10. The van der Waals surface area contributed by atoms with Crippen LogP contribution in [0.15, 0.2) is 18.2 Å². The van der Waals surface area contributed by atoms with Crippen LogP contribution in [-0.2, 0) is 9.47 Å². The molecule has 122 valence electrons. The third-order valence-electron chi connectivity index (χ3n) is 4.31. The number of nitrogens with zero attached hydrogens (tertiary/aromatic N) is 1. The SMILES string of the molecule is OC(CN1CCOC(C2CCCO2)C1)c1ccc(F)cc1Cl. The summed E-state index contributed by atoms with van der Waals surface area (Å²) in [4.78, 5) is 2.15. The quantitative estimate of drug-likeness (QED) is 0.921. The van der Waals surface area contributed by atoms with Crippen LogP contribution in [0.25, 0.3) is 0 Å². The zero-order valence-corrected chi connectivity index (χ0v) is 13.1. The van der Waals surface area contributed by atoms with Crippen molar-refractivity contribution in [3.63, 3.8) is 0 Å². The number of hydrogen-bond acceptors (Lipinski definition) is 4. The molecule has 3 rings (SSSR count). The largest absolute Gasteiger partial charge is 0.387 e. The normalized spacial score (nSPS) is 28.0. The van der Waals surface area contributed by atoms with Crippen LogP contribution < -0.4 is 0 Å². The zero-order valence-electron chi connectivity index (χ0n) is 12.4. The summed E-state index contributed by atoms with van der Waals surface area (Å²) < 4.78 is 24.6. The van der Waals surface area contributed by atoms with Crippen LogP contribution in [0, 0.1) is 5.82 Å². The summed E-state index contributed by atoms with van der Waals surface area (Å²) in [5, 5.41) is 10.6. The van der Waals surface area contributed by atoms with Gasteiger partial charge >= 0.3 is 0 Å². The molecule has 1 aromatic rings. The second-order valence-corrected chi connectivity index (χ2v) is 6.31. The molecule has 4 nitrogen and oxygen atoms in total. The van der Waals surface area contributed by atoms with Crippen LogP contribution in [-0.4, -0.2) is 55.1 Å². The Kier molecular flexibility index (Phi) is 5.31.